The van der Waals surface area contributed by atoms with Crippen LogP contribution in [0.25, 0.3) is 0 Å². The molecule has 1 heterocycles. The largest absolute Gasteiger partial charge is 0.490 e. The number of nitrogens with zero attached hydrogens (tertiary/aromatic N) is 2. The molecule has 1 aromatic heterocycles. The molecule has 18 heavy (non-hydrogen) atoms. The van der Waals surface area contributed by atoms with Gasteiger partial charge in [-0.3, -0.25) is 0 Å². The van der Waals surface area contributed by atoms with Crippen molar-refractivity contribution in [2.75, 3.05) is 37.5 Å². The first-order valence-corrected chi connectivity index (χ1v) is 5.87. The number of aliphatic hydroxyl groups is 2. The Hall–Kier alpha value is -1.60. The fourth-order valence-corrected chi connectivity index (χ4v) is 1.38. The highest BCUT2D eigenvalue weighted by Gasteiger charge is 2.14. The number of aliphatic hydroxyl groups excluding tert-OH is 2. The van der Waals surface area contributed by atoms with Gasteiger partial charge in [-0.1, -0.05) is 6.92 Å². The minimum atomic E-state index is -0.479. The first-order chi connectivity index (χ1) is 8.76. The Kier molecular flexibility index (Phi) is 6.16. The predicted octanol–water partition coefficient (Wildman–Crippen LogP) is 0.0722. The van der Waals surface area contributed by atoms with E-state index < -0.39 is 6.04 Å². The zero-order chi connectivity index (χ0) is 13.4. The summed E-state index contributed by atoms with van der Waals surface area (Å²) >= 11 is 0. The minimum Gasteiger partial charge on any atom is -0.490 e. The first-order valence-electron chi connectivity index (χ1n) is 5.87. The maximum absolute atomic E-state index is 9.04. The van der Waals surface area contributed by atoms with Gasteiger partial charge in [0.25, 0.3) is 0 Å². The summed E-state index contributed by atoms with van der Waals surface area (Å²) in [5.74, 6) is 1.50. The smallest absolute Gasteiger partial charge is 0.204 e. The molecule has 4 N–H and O–H groups in total. The zero-order valence-corrected chi connectivity index (χ0v) is 10.7. The Labute approximate surface area is 106 Å². The molecule has 0 spiro atoms. The standard InChI is InChI=1S/C11H20N4O3/c1-3-4-12-10-9(18-2)11(14-7-13-10)15-8(5-16)6-17/h7-8,16-17H,3-6H2,1-2H3,(H2,12,13,14,15). The third-order valence-electron chi connectivity index (χ3n) is 2.33. The second-order valence-electron chi connectivity index (χ2n) is 3.74. The topological polar surface area (TPSA) is 99.5 Å². The highest BCUT2D eigenvalue weighted by molar-refractivity contribution is 5.63. The lowest BCUT2D eigenvalue weighted by molar-refractivity contribution is 0.203. The Morgan fingerprint density at radius 1 is 1.28 bits per heavy atom. The molecule has 0 fully saturated rings. The summed E-state index contributed by atoms with van der Waals surface area (Å²) in [4.78, 5) is 8.14. The van der Waals surface area contributed by atoms with Gasteiger partial charge >= 0.3 is 0 Å². The molecule has 7 heteroatoms. The third kappa shape index (κ3) is 3.71. The highest BCUT2D eigenvalue weighted by Crippen LogP contribution is 2.29. The molecule has 0 unspecified atom stereocenters. The van der Waals surface area contributed by atoms with Gasteiger partial charge < -0.3 is 25.6 Å². The van der Waals surface area contributed by atoms with Crippen molar-refractivity contribution < 1.29 is 14.9 Å². The van der Waals surface area contributed by atoms with Crippen molar-refractivity contribution in [2.45, 2.75) is 19.4 Å². The summed E-state index contributed by atoms with van der Waals surface area (Å²) in [6.45, 7) is 2.44. The van der Waals surface area contributed by atoms with Gasteiger partial charge in [0.1, 0.15) is 6.33 Å². The van der Waals surface area contributed by atoms with Crippen molar-refractivity contribution >= 4 is 11.6 Å². The second kappa shape index (κ2) is 7.67. The molecule has 0 saturated heterocycles. The van der Waals surface area contributed by atoms with Crippen LogP contribution in [0, 0.1) is 0 Å². The van der Waals surface area contributed by atoms with E-state index in [2.05, 4.69) is 20.6 Å². The highest BCUT2D eigenvalue weighted by atomic mass is 16.5. The van der Waals surface area contributed by atoms with Gasteiger partial charge in [0.05, 0.1) is 26.4 Å². The molecule has 1 rings (SSSR count). The summed E-state index contributed by atoms with van der Waals surface area (Å²) < 4.78 is 5.25. The summed E-state index contributed by atoms with van der Waals surface area (Å²) in [5.41, 5.74) is 0. The van der Waals surface area contributed by atoms with Gasteiger partial charge in [-0.05, 0) is 6.42 Å². The van der Waals surface area contributed by atoms with E-state index in [0.29, 0.717) is 17.4 Å². The van der Waals surface area contributed by atoms with Crippen LogP contribution in [0.2, 0.25) is 0 Å². The van der Waals surface area contributed by atoms with Gasteiger partial charge in [0.2, 0.25) is 5.75 Å². The average Bonchev–Trinajstić information content (AvgIpc) is 2.42. The van der Waals surface area contributed by atoms with E-state index in [4.69, 9.17) is 14.9 Å². The van der Waals surface area contributed by atoms with E-state index in [1.54, 1.807) is 0 Å². The second-order valence-corrected chi connectivity index (χ2v) is 3.74. The van der Waals surface area contributed by atoms with Gasteiger partial charge in [-0.15, -0.1) is 0 Å². The summed E-state index contributed by atoms with van der Waals surface area (Å²) in [6.07, 6.45) is 2.36. The van der Waals surface area contributed by atoms with Crippen LogP contribution in [0.3, 0.4) is 0 Å². The number of aromatic nitrogens is 2. The molecule has 0 aliphatic heterocycles. The maximum Gasteiger partial charge on any atom is 0.204 e. The summed E-state index contributed by atoms with van der Waals surface area (Å²) in [6, 6.07) is -0.479. The number of anilines is 2. The fourth-order valence-electron chi connectivity index (χ4n) is 1.38. The molecule has 0 aromatic carbocycles. The Morgan fingerprint density at radius 2 is 1.94 bits per heavy atom. The van der Waals surface area contributed by atoms with Crippen LogP contribution in [0.15, 0.2) is 6.33 Å². The van der Waals surface area contributed by atoms with E-state index in [1.165, 1.54) is 13.4 Å². The average molecular weight is 256 g/mol. The molecule has 0 aliphatic rings. The number of nitrogens with one attached hydrogen (secondary N) is 2. The molecule has 102 valence electrons. The lowest BCUT2D eigenvalue weighted by Gasteiger charge is -2.17. The molecule has 0 aliphatic carbocycles. The van der Waals surface area contributed by atoms with Crippen molar-refractivity contribution in [2.24, 2.45) is 0 Å². The molecule has 7 nitrogen and oxygen atoms in total. The number of rotatable bonds is 8. The van der Waals surface area contributed by atoms with Crippen LogP contribution >= 0.6 is 0 Å². The predicted molar refractivity (Wildman–Crippen MR) is 68.9 cm³/mol. The quantitative estimate of drug-likeness (QED) is 0.522. The summed E-state index contributed by atoms with van der Waals surface area (Å²) in [7, 11) is 1.52. The Morgan fingerprint density at radius 3 is 2.50 bits per heavy atom. The van der Waals surface area contributed by atoms with Crippen molar-refractivity contribution in [1.82, 2.24) is 9.97 Å². The van der Waals surface area contributed by atoms with Crippen molar-refractivity contribution in [3.8, 4) is 5.75 Å². The fraction of sp³-hybridized carbons (Fsp3) is 0.636. The van der Waals surface area contributed by atoms with Gasteiger partial charge in [0, 0.05) is 6.54 Å². The number of methoxy groups -OCH3 is 1. The van der Waals surface area contributed by atoms with Crippen molar-refractivity contribution in [1.29, 1.82) is 0 Å². The van der Waals surface area contributed by atoms with Crippen molar-refractivity contribution in [3.05, 3.63) is 6.33 Å². The van der Waals surface area contributed by atoms with Crippen LogP contribution in [-0.4, -0.2) is 53.1 Å². The Balaban J connectivity index is 2.89. The van der Waals surface area contributed by atoms with Crippen LogP contribution in [-0.2, 0) is 0 Å². The van der Waals surface area contributed by atoms with E-state index in [1.807, 2.05) is 6.92 Å². The van der Waals surface area contributed by atoms with Gasteiger partial charge in [-0.2, -0.15) is 0 Å². The Bertz CT molecular complexity index is 358. The molecular formula is C11H20N4O3. The van der Waals surface area contributed by atoms with E-state index >= 15 is 0 Å². The van der Waals surface area contributed by atoms with Crippen LogP contribution in [0.1, 0.15) is 13.3 Å². The van der Waals surface area contributed by atoms with E-state index in [-0.39, 0.29) is 13.2 Å². The molecule has 0 amide bonds. The molecule has 0 radical (unpaired) electrons. The van der Waals surface area contributed by atoms with Gasteiger partial charge in [0.15, 0.2) is 11.6 Å². The lowest BCUT2D eigenvalue weighted by Crippen LogP contribution is -2.28. The molecule has 0 atom stereocenters. The normalized spacial score (nSPS) is 10.5. The molecular weight excluding hydrogens is 236 g/mol. The van der Waals surface area contributed by atoms with E-state index in [0.717, 1.165) is 13.0 Å². The van der Waals surface area contributed by atoms with Gasteiger partial charge in [-0.25, -0.2) is 9.97 Å². The SMILES string of the molecule is CCCNc1ncnc(NC(CO)CO)c1OC. The maximum atomic E-state index is 9.04. The zero-order valence-electron chi connectivity index (χ0n) is 10.7. The van der Waals surface area contributed by atoms with E-state index in [9.17, 15) is 0 Å². The van der Waals surface area contributed by atoms with Crippen LogP contribution in [0.5, 0.6) is 5.75 Å². The third-order valence-corrected chi connectivity index (χ3v) is 2.33. The lowest BCUT2D eigenvalue weighted by atomic mass is 10.3. The number of hydrogen-bond acceptors (Lipinski definition) is 7. The monoisotopic (exact) mass is 256 g/mol. The molecule has 0 saturated carbocycles. The van der Waals surface area contributed by atoms with Crippen LogP contribution in [0.4, 0.5) is 11.6 Å². The number of hydrogen-bond donors (Lipinski definition) is 4. The minimum absolute atomic E-state index is 0.193. The first kappa shape index (κ1) is 14.5. The van der Waals surface area contributed by atoms with Crippen LogP contribution < -0.4 is 15.4 Å². The van der Waals surface area contributed by atoms with Crippen molar-refractivity contribution in [3.63, 3.8) is 0 Å². The summed E-state index contributed by atoms with van der Waals surface area (Å²) in [5, 5.41) is 24.1. The molecule has 0 bridgehead atoms. The molecule has 1 aromatic rings. The number of ether oxygens (including phenoxy) is 1.